The molecule has 0 unspecified atom stereocenters. The lowest BCUT2D eigenvalue weighted by Crippen LogP contribution is -2.35. The van der Waals surface area contributed by atoms with Gasteiger partial charge in [0.15, 0.2) is 5.16 Å². The molecule has 1 aliphatic rings. The smallest absolute Gasteiger partial charge is 0.256 e. The molecule has 154 valence electrons. The summed E-state index contributed by atoms with van der Waals surface area (Å²) >= 11 is 7.07. The Morgan fingerprint density at radius 3 is 2.70 bits per heavy atom. The van der Waals surface area contributed by atoms with Gasteiger partial charge < -0.3 is 10.3 Å². The summed E-state index contributed by atoms with van der Waals surface area (Å²) in [4.78, 5) is 34.4. The molecule has 0 radical (unpaired) electrons. The number of amides is 1. The predicted octanol–water partition coefficient (Wildman–Crippen LogP) is 3.71. The van der Waals surface area contributed by atoms with Gasteiger partial charge in [-0.05, 0) is 29.8 Å². The fourth-order valence-corrected chi connectivity index (χ4v) is 4.17. The van der Waals surface area contributed by atoms with Crippen LogP contribution >= 0.6 is 23.4 Å². The maximum Gasteiger partial charge on any atom is 0.256 e. The number of anilines is 1. The van der Waals surface area contributed by atoms with E-state index in [4.69, 9.17) is 11.6 Å². The van der Waals surface area contributed by atoms with Crippen LogP contribution in [0, 0.1) is 0 Å². The number of nitrogens with one attached hydrogen (secondary N) is 2. The Morgan fingerprint density at radius 2 is 1.93 bits per heavy atom. The largest absolute Gasteiger partial charge is 0.325 e. The molecule has 6 nitrogen and oxygen atoms in total. The van der Waals surface area contributed by atoms with Crippen LogP contribution in [0.15, 0.2) is 64.5 Å². The van der Waals surface area contributed by atoms with Crippen LogP contribution in [0.3, 0.4) is 0 Å². The van der Waals surface area contributed by atoms with E-state index < -0.39 is 0 Å². The summed E-state index contributed by atoms with van der Waals surface area (Å²) in [5.74, 6) is -0.0125. The van der Waals surface area contributed by atoms with Gasteiger partial charge in [-0.25, -0.2) is 4.98 Å². The average molecular weight is 441 g/mol. The molecule has 2 heterocycles. The second-order valence-electron chi connectivity index (χ2n) is 7.09. The van der Waals surface area contributed by atoms with Gasteiger partial charge in [0.1, 0.15) is 0 Å². The molecule has 0 aliphatic carbocycles. The number of nitrogens with zero attached hydrogens (tertiary/aromatic N) is 2. The van der Waals surface area contributed by atoms with Crippen molar-refractivity contribution in [1.29, 1.82) is 0 Å². The van der Waals surface area contributed by atoms with Crippen molar-refractivity contribution in [3.05, 3.63) is 86.8 Å². The molecule has 1 aromatic heterocycles. The Balaban J connectivity index is 1.36. The molecule has 1 amide bonds. The lowest BCUT2D eigenvalue weighted by Gasteiger charge is -2.27. The first-order valence-electron chi connectivity index (χ1n) is 9.63. The molecule has 0 fully saturated rings. The molecule has 1 aliphatic heterocycles. The summed E-state index contributed by atoms with van der Waals surface area (Å²) in [7, 11) is 0. The van der Waals surface area contributed by atoms with Crippen molar-refractivity contribution in [3.8, 4) is 0 Å². The van der Waals surface area contributed by atoms with Crippen molar-refractivity contribution in [2.24, 2.45) is 0 Å². The number of aromatic amines is 1. The minimum Gasteiger partial charge on any atom is -0.325 e. The molecule has 0 saturated carbocycles. The number of hydrogen-bond acceptors (Lipinski definition) is 5. The maximum atomic E-state index is 12.6. The summed E-state index contributed by atoms with van der Waals surface area (Å²) in [6.07, 6.45) is 0.719. The summed E-state index contributed by atoms with van der Waals surface area (Å²) in [6.45, 7) is 2.23. The van der Waals surface area contributed by atoms with E-state index in [1.165, 1.54) is 17.3 Å². The van der Waals surface area contributed by atoms with Crippen LogP contribution in [0.1, 0.15) is 16.8 Å². The van der Waals surface area contributed by atoms with Crippen molar-refractivity contribution >= 4 is 35.0 Å². The normalized spacial score (nSPS) is 13.6. The lowest BCUT2D eigenvalue weighted by atomic mass is 10.1. The van der Waals surface area contributed by atoms with Crippen LogP contribution in [-0.2, 0) is 24.3 Å². The van der Waals surface area contributed by atoms with E-state index in [0.717, 1.165) is 25.2 Å². The number of fused-ring (bicyclic) bond motifs is 1. The standard InChI is InChI=1S/C22H21ClN4O2S/c23-16-6-8-17(9-7-16)24-20(28)14-30-22-25-19-10-11-27(13-18(19)21(29)26-22)12-15-4-2-1-3-5-15/h1-9H,10-14H2,(H,24,28)(H,25,26,29). The summed E-state index contributed by atoms with van der Waals surface area (Å²) in [6, 6.07) is 17.1. The molecule has 0 atom stereocenters. The highest BCUT2D eigenvalue weighted by molar-refractivity contribution is 7.99. The number of halogens is 1. The molecule has 30 heavy (non-hydrogen) atoms. The van der Waals surface area contributed by atoms with E-state index in [1.54, 1.807) is 24.3 Å². The topological polar surface area (TPSA) is 78.1 Å². The lowest BCUT2D eigenvalue weighted by molar-refractivity contribution is -0.113. The number of rotatable bonds is 6. The van der Waals surface area contributed by atoms with Gasteiger partial charge in [0.05, 0.1) is 17.0 Å². The van der Waals surface area contributed by atoms with Crippen LogP contribution in [-0.4, -0.2) is 33.1 Å². The Bertz CT molecular complexity index is 1090. The first-order valence-corrected chi connectivity index (χ1v) is 11.0. The molecule has 0 saturated heterocycles. The van der Waals surface area contributed by atoms with Crippen LogP contribution < -0.4 is 10.9 Å². The molecule has 2 aromatic carbocycles. The minimum atomic E-state index is -0.170. The number of hydrogen-bond donors (Lipinski definition) is 2. The minimum absolute atomic E-state index is 0.127. The third-order valence-corrected chi connectivity index (χ3v) is 5.97. The number of H-pyrrole nitrogens is 1. The van der Waals surface area contributed by atoms with Gasteiger partial charge >= 0.3 is 0 Å². The Hall–Kier alpha value is -2.61. The fraction of sp³-hybridized carbons (Fsp3) is 0.227. The monoisotopic (exact) mass is 440 g/mol. The molecule has 8 heteroatoms. The summed E-state index contributed by atoms with van der Waals surface area (Å²) < 4.78 is 0. The zero-order valence-corrected chi connectivity index (χ0v) is 17.8. The van der Waals surface area contributed by atoms with Crippen molar-refractivity contribution in [2.75, 3.05) is 17.6 Å². The van der Waals surface area contributed by atoms with E-state index in [0.29, 0.717) is 28.0 Å². The van der Waals surface area contributed by atoms with Gasteiger partial charge in [0, 0.05) is 36.8 Å². The van der Waals surface area contributed by atoms with Crippen LogP contribution in [0.4, 0.5) is 5.69 Å². The number of thioether (sulfide) groups is 1. The molecular formula is C22H21ClN4O2S. The number of benzene rings is 2. The molecular weight excluding hydrogens is 420 g/mol. The molecule has 0 spiro atoms. The number of carbonyl (C=O) groups excluding carboxylic acids is 1. The predicted molar refractivity (Wildman–Crippen MR) is 120 cm³/mol. The average Bonchev–Trinajstić information content (AvgIpc) is 2.75. The van der Waals surface area contributed by atoms with Gasteiger partial charge in [-0.2, -0.15) is 0 Å². The Kier molecular flexibility index (Phi) is 6.52. The Morgan fingerprint density at radius 1 is 1.17 bits per heavy atom. The quantitative estimate of drug-likeness (QED) is 0.451. The zero-order chi connectivity index (χ0) is 20.9. The van der Waals surface area contributed by atoms with Crippen molar-refractivity contribution in [2.45, 2.75) is 24.7 Å². The highest BCUT2D eigenvalue weighted by atomic mass is 35.5. The highest BCUT2D eigenvalue weighted by Crippen LogP contribution is 2.20. The third-order valence-electron chi connectivity index (χ3n) is 4.84. The van der Waals surface area contributed by atoms with E-state index in [9.17, 15) is 9.59 Å². The molecule has 2 N–H and O–H groups in total. The van der Waals surface area contributed by atoms with Crippen LogP contribution in [0.2, 0.25) is 5.02 Å². The summed E-state index contributed by atoms with van der Waals surface area (Å²) in [5.41, 5.74) is 3.31. The molecule has 4 rings (SSSR count). The van der Waals surface area contributed by atoms with Crippen molar-refractivity contribution in [3.63, 3.8) is 0 Å². The third kappa shape index (κ3) is 5.30. The first-order chi connectivity index (χ1) is 14.6. The van der Waals surface area contributed by atoms with E-state index in [2.05, 4.69) is 32.3 Å². The Labute approximate surface area is 183 Å². The highest BCUT2D eigenvalue weighted by Gasteiger charge is 2.21. The summed E-state index contributed by atoms with van der Waals surface area (Å²) in [5, 5.41) is 3.89. The van der Waals surface area contributed by atoms with Crippen LogP contribution in [0.5, 0.6) is 0 Å². The van der Waals surface area contributed by atoms with Gasteiger partial charge in [0.25, 0.3) is 5.56 Å². The number of aromatic nitrogens is 2. The van der Waals surface area contributed by atoms with E-state index in [1.807, 2.05) is 18.2 Å². The fourth-order valence-electron chi connectivity index (χ4n) is 3.37. The molecule has 3 aromatic rings. The van der Waals surface area contributed by atoms with E-state index >= 15 is 0 Å². The zero-order valence-electron chi connectivity index (χ0n) is 16.2. The van der Waals surface area contributed by atoms with Gasteiger partial charge in [0.2, 0.25) is 5.91 Å². The van der Waals surface area contributed by atoms with Gasteiger partial charge in [-0.1, -0.05) is 53.7 Å². The van der Waals surface area contributed by atoms with E-state index in [-0.39, 0.29) is 17.2 Å². The van der Waals surface area contributed by atoms with Crippen molar-refractivity contribution < 1.29 is 4.79 Å². The van der Waals surface area contributed by atoms with Gasteiger partial charge in [-0.15, -0.1) is 0 Å². The number of carbonyl (C=O) groups is 1. The first kappa shape index (κ1) is 20.7. The molecule has 0 bridgehead atoms. The maximum absolute atomic E-state index is 12.6. The van der Waals surface area contributed by atoms with Crippen molar-refractivity contribution in [1.82, 2.24) is 14.9 Å². The SMILES string of the molecule is O=C(CSc1nc2c(c(=O)[nH]1)CN(Cc1ccccc1)CC2)Nc1ccc(Cl)cc1. The van der Waals surface area contributed by atoms with Gasteiger partial charge in [-0.3, -0.25) is 14.5 Å². The second kappa shape index (κ2) is 9.47. The second-order valence-corrected chi connectivity index (χ2v) is 8.49. The van der Waals surface area contributed by atoms with Crippen LogP contribution in [0.25, 0.3) is 0 Å².